The molecule has 9 heteroatoms. The minimum absolute atomic E-state index is 1.14. The van der Waals surface area contributed by atoms with Crippen molar-refractivity contribution in [3.8, 4) is 0 Å². The van der Waals surface area contributed by atoms with Gasteiger partial charge in [0.1, 0.15) is 0 Å². The smallest absolute Gasteiger partial charge is 0.404 e. The summed E-state index contributed by atoms with van der Waals surface area (Å²) in [5.41, 5.74) is 14.8. The van der Waals surface area contributed by atoms with Crippen molar-refractivity contribution in [1.29, 1.82) is 0 Å². The number of hydrogen-bond acceptors (Lipinski definition) is 2. The fourth-order valence-electron chi connectivity index (χ4n) is 6.70. The van der Waals surface area contributed by atoms with Gasteiger partial charge in [-0.1, -0.05) is 0 Å². The summed E-state index contributed by atoms with van der Waals surface area (Å²) in [6, 6.07) is 0. The monoisotopic (exact) mass is 628 g/mol. The molecular formula is C34H48N4O2Si3. The maximum atomic E-state index is 7.74. The van der Waals surface area contributed by atoms with E-state index in [4.69, 9.17) is 8.23 Å². The average molecular weight is 629 g/mol. The first-order valence-corrected chi connectivity index (χ1v) is 24.0. The van der Waals surface area contributed by atoms with Gasteiger partial charge in [0.15, 0.2) is 16.6 Å². The lowest BCUT2D eigenvalue weighted by molar-refractivity contribution is 0.340. The summed E-state index contributed by atoms with van der Waals surface area (Å²) in [6.45, 7) is 31.8. The van der Waals surface area contributed by atoms with E-state index in [2.05, 4.69) is 137 Å². The molecule has 4 aromatic heterocycles. The Hall–Kier alpha value is -2.83. The highest BCUT2D eigenvalue weighted by molar-refractivity contribution is 6.87. The van der Waals surface area contributed by atoms with E-state index in [1.54, 1.807) is 0 Å². The Morgan fingerprint density at radius 3 is 0.884 bits per heavy atom. The Balaban J connectivity index is 2.04. The lowest BCUT2D eigenvalue weighted by Crippen LogP contribution is -2.66. The van der Waals surface area contributed by atoms with Gasteiger partial charge < -0.3 is 26.7 Å². The topological polar surface area (TPSA) is 59.9 Å². The van der Waals surface area contributed by atoms with Crippen LogP contribution in [0.5, 0.6) is 0 Å². The van der Waals surface area contributed by atoms with Gasteiger partial charge in [-0.25, -0.2) is 0 Å². The van der Waals surface area contributed by atoms with Crippen LogP contribution in [0.1, 0.15) is 67.3 Å². The van der Waals surface area contributed by atoms with E-state index in [-0.39, 0.29) is 0 Å². The van der Waals surface area contributed by atoms with E-state index >= 15 is 0 Å². The predicted molar refractivity (Wildman–Crippen MR) is 187 cm³/mol. The van der Waals surface area contributed by atoms with Crippen LogP contribution in [-0.2, 0) is 8.23 Å². The van der Waals surface area contributed by atoms with Crippen LogP contribution < -0.4 is 21.4 Å². The van der Waals surface area contributed by atoms with Gasteiger partial charge in [0, 0.05) is 44.2 Å². The number of hydrogen-bond donors (Lipinski definition) is 2. The molecule has 2 aliphatic heterocycles. The van der Waals surface area contributed by atoms with Crippen molar-refractivity contribution in [2.24, 2.45) is 0 Å². The molecule has 0 atom stereocenters. The van der Waals surface area contributed by atoms with Crippen molar-refractivity contribution in [2.45, 2.75) is 94.7 Å². The lowest BCUT2D eigenvalue weighted by atomic mass is 10.1. The molecule has 6 bridgehead atoms. The van der Waals surface area contributed by atoms with Gasteiger partial charge in [0.25, 0.3) is 0 Å². The second kappa shape index (κ2) is 9.58. The van der Waals surface area contributed by atoms with Crippen LogP contribution in [0.3, 0.4) is 0 Å². The van der Waals surface area contributed by atoms with E-state index in [0.29, 0.717) is 0 Å². The van der Waals surface area contributed by atoms with E-state index in [9.17, 15) is 0 Å². The van der Waals surface area contributed by atoms with Gasteiger partial charge in [-0.15, -0.1) is 0 Å². The molecule has 0 amide bonds. The molecule has 0 aromatic carbocycles. The number of H-pyrrole nitrogens is 2. The maximum Gasteiger partial charge on any atom is 0.577 e. The first kappa shape index (κ1) is 30.2. The standard InChI is InChI=1S/C34H48N4O2Si3/c1-19-20(2)28-16-32-25(7)26(8)34-18-30-22(4)21(3)29(36-30)17-33-24(6)23(5)31(15-27(19)35-28)37(33)43(38(32)34,39-41(9,10)11)40-42(12,13)14/h15-18,35-36H,1-14H3/b27-15-,28-16-,29-17-,30-18-,31-15?,32-16?,33-17?,34-18?. The summed E-state index contributed by atoms with van der Waals surface area (Å²) in [4.78, 5) is 7.61. The summed E-state index contributed by atoms with van der Waals surface area (Å²) in [5, 5.41) is 4.57. The largest absolute Gasteiger partial charge is 0.577 e. The molecule has 2 N–H and O–H groups in total. The molecule has 0 spiro atoms. The SMILES string of the molecule is Cc1c(C)c2n3c1/C=c1\[nH]/c(c(C)c1C)=C\c1c(C)c(C)c(n1[Si]3(O[Si](C)(C)C)O[Si](C)(C)C)/C=c1\[nH]/c(c(C)c1C)=C\2. The van der Waals surface area contributed by atoms with Gasteiger partial charge >= 0.3 is 8.88 Å². The van der Waals surface area contributed by atoms with Gasteiger partial charge in [-0.05, 0) is 163 Å². The summed E-state index contributed by atoms with van der Waals surface area (Å²) in [5.74, 6) is 0. The third kappa shape index (κ3) is 4.54. The first-order chi connectivity index (χ1) is 19.8. The highest BCUT2D eigenvalue weighted by atomic mass is 28.5. The zero-order valence-electron chi connectivity index (χ0n) is 28.5. The van der Waals surface area contributed by atoms with Gasteiger partial charge in [-0.3, -0.25) is 0 Å². The van der Waals surface area contributed by atoms with Gasteiger partial charge in [0.05, 0.1) is 0 Å². The maximum absolute atomic E-state index is 7.74. The molecule has 0 radical (unpaired) electrons. The molecule has 0 fully saturated rings. The van der Waals surface area contributed by atoms with Crippen molar-refractivity contribution in [1.82, 2.24) is 18.4 Å². The van der Waals surface area contributed by atoms with E-state index in [1.807, 2.05) is 0 Å². The Kier molecular flexibility index (Phi) is 6.73. The fraction of sp³-hybridized carbons (Fsp3) is 0.412. The van der Waals surface area contributed by atoms with Crippen LogP contribution in [0.25, 0.3) is 24.3 Å². The van der Waals surface area contributed by atoms with Crippen LogP contribution in [0, 0.1) is 55.4 Å². The Morgan fingerprint density at radius 2 is 0.674 bits per heavy atom. The molecule has 2 aliphatic rings. The molecule has 6 rings (SSSR count). The molecule has 6 nitrogen and oxygen atoms in total. The number of rotatable bonds is 4. The van der Waals surface area contributed by atoms with Crippen LogP contribution in [-0.4, -0.2) is 44.0 Å². The predicted octanol–water partition coefficient (Wildman–Crippen LogP) is 4.89. The summed E-state index contributed by atoms with van der Waals surface area (Å²) < 4.78 is 20.5. The normalized spacial score (nSPS) is 18.6. The molecular weight excluding hydrogens is 581 g/mol. The molecule has 0 saturated carbocycles. The van der Waals surface area contributed by atoms with Gasteiger partial charge in [-0.2, -0.15) is 0 Å². The fourth-order valence-corrected chi connectivity index (χ4v) is 17.4. The summed E-state index contributed by atoms with van der Waals surface area (Å²) in [6.07, 6.45) is 9.40. The third-order valence-electron chi connectivity index (χ3n) is 9.47. The molecule has 43 heavy (non-hydrogen) atoms. The highest BCUT2D eigenvalue weighted by Gasteiger charge is 2.55. The summed E-state index contributed by atoms with van der Waals surface area (Å²) >= 11 is 0. The molecule has 0 aliphatic carbocycles. The van der Waals surface area contributed by atoms with Crippen molar-refractivity contribution in [3.05, 3.63) is 88.7 Å². The van der Waals surface area contributed by atoms with Gasteiger partial charge in [0.2, 0.25) is 0 Å². The van der Waals surface area contributed by atoms with Crippen molar-refractivity contribution in [2.75, 3.05) is 0 Å². The van der Waals surface area contributed by atoms with Crippen molar-refractivity contribution >= 4 is 49.8 Å². The number of aromatic amines is 2. The molecule has 0 unspecified atom stereocenters. The number of nitrogens with zero attached hydrogens (tertiary/aromatic N) is 2. The number of fused-ring (bicyclic) bond motifs is 4. The van der Waals surface area contributed by atoms with E-state index < -0.39 is 25.5 Å². The zero-order chi connectivity index (χ0) is 31.5. The first-order valence-electron chi connectivity index (χ1n) is 15.5. The Labute approximate surface area is 259 Å². The van der Waals surface area contributed by atoms with E-state index in [0.717, 1.165) is 44.2 Å². The zero-order valence-corrected chi connectivity index (χ0v) is 31.5. The molecule has 228 valence electrons. The van der Waals surface area contributed by atoms with Crippen LogP contribution in [0.2, 0.25) is 39.3 Å². The second-order valence-corrected chi connectivity index (χ2v) is 26.7. The van der Waals surface area contributed by atoms with Crippen LogP contribution in [0.15, 0.2) is 0 Å². The van der Waals surface area contributed by atoms with Crippen LogP contribution >= 0.6 is 0 Å². The minimum atomic E-state index is -3.53. The summed E-state index contributed by atoms with van der Waals surface area (Å²) in [7, 11) is -7.95. The third-order valence-corrected chi connectivity index (χ3v) is 18.6. The molecule has 0 saturated heterocycles. The second-order valence-electron chi connectivity index (χ2n) is 14.7. The quantitative estimate of drug-likeness (QED) is 0.279. The lowest BCUT2D eigenvalue weighted by Gasteiger charge is -2.43. The Morgan fingerprint density at radius 1 is 0.442 bits per heavy atom. The average Bonchev–Trinajstić information content (AvgIpc) is 3.48. The number of aromatic nitrogens is 4. The van der Waals surface area contributed by atoms with Crippen LogP contribution in [0.4, 0.5) is 0 Å². The van der Waals surface area contributed by atoms with Crippen molar-refractivity contribution < 1.29 is 8.23 Å². The van der Waals surface area contributed by atoms with E-state index in [1.165, 1.54) is 44.5 Å². The Bertz CT molecular complexity index is 1820. The minimum Gasteiger partial charge on any atom is -0.404 e. The van der Waals surface area contributed by atoms with Crippen molar-refractivity contribution in [3.63, 3.8) is 0 Å². The molecule has 4 aromatic rings. The number of nitrogens with one attached hydrogen (secondary N) is 2. The molecule has 6 heterocycles. The highest BCUT2D eigenvalue weighted by Crippen LogP contribution is 2.38.